The Morgan fingerprint density at radius 2 is 2.00 bits per heavy atom. The van der Waals surface area contributed by atoms with Gasteiger partial charge in [0.2, 0.25) is 5.91 Å². The van der Waals surface area contributed by atoms with Gasteiger partial charge in [0.15, 0.2) is 0 Å². The molecule has 0 aliphatic carbocycles. The first-order valence-corrected chi connectivity index (χ1v) is 10.8. The van der Waals surface area contributed by atoms with Crippen LogP contribution >= 0.6 is 0 Å². The second-order valence-corrected chi connectivity index (χ2v) is 7.79. The number of amides is 1. The van der Waals surface area contributed by atoms with Crippen molar-refractivity contribution in [2.24, 2.45) is 0 Å². The minimum absolute atomic E-state index is 0.172. The number of likely N-dealkylation sites (N-methyl/N-ethyl adjacent to an activating group) is 1. The third-order valence-corrected chi connectivity index (χ3v) is 5.86. The summed E-state index contributed by atoms with van der Waals surface area (Å²) in [5, 5.41) is 11.1. The zero-order valence-corrected chi connectivity index (χ0v) is 18.0. The Bertz CT molecular complexity index is 850. The van der Waals surface area contributed by atoms with Gasteiger partial charge in [-0.2, -0.15) is 0 Å². The van der Waals surface area contributed by atoms with Gasteiger partial charge in [-0.25, -0.2) is 0 Å². The zero-order valence-electron chi connectivity index (χ0n) is 18.0. The summed E-state index contributed by atoms with van der Waals surface area (Å²) in [7, 11) is 0. The molecule has 1 heterocycles. The molecule has 0 bridgehead atoms. The highest BCUT2D eigenvalue weighted by Crippen LogP contribution is 2.28. The Morgan fingerprint density at radius 3 is 2.67 bits per heavy atom. The molecular formula is C24H33N5O. The largest absolute Gasteiger partial charge is 0.398 e. The maximum Gasteiger partial charge on any atom is 0.244 e. The number of anilines is 2. The van der Waals surface area contributed by atoms with Crippen LogP contribution in [0.4, 0.5) is 11.4 Å². The molecule has 6 heteroatoms. The van der Waals surface area contributed by atoms with Crippen LogP contribution in [-0.2, 0) is 4.79 Å². The zero-order chi connectivity index (χ0) is 21.5. The Labute approximate surface area is 179 Å². The number of likely N-dealkylation sites (tertiary alicyclic amines) is 1. The van der Waals surface area contributed by atoms with Gasteiger partial charge < -0.3 is 21.4 Å². The van der Waals surface area contributed by atoms with Gasteiger partial charge in [-0.15, -0.1) is 0 Å². The van der Waals surface area contributed by atoms with Crippen molar-refractivity contribution in [3.8, 4) is 0 Å². The molecule has 30 heavy (non-hydrogen) atoms. The van der Waals surface area contributed by atoms with Crippen molar-refractivity contribution >= 4 is 23.5 Å². The summed E-state index contributed by atoms with van der Waals surface area (Å²) in [5.41, 5.74) is 9.25. The molecular weight excluding hydrogens is 374 g/mol. The van der Waals surface area contributed by atoms with E-state index in [1.54, 1.807) is 0 Å². The third kappa shape index (κ3) is 5.00. The van der Waals surface area contributed by atoms with E-state index in [4.69, 9.17) is 11.1 Å². The van der Waals surface area contributed by atoms with Crippen LogP contribution in [0.25, 0.3) is 0 Å². The van der Waals surface area contributed by atoms with Gasteiger partial charge in [0, 0.05) is 48.8 Å². The number of nitrogen functional groups attached to an aromatic ring is 1. The number of nitrogens with one attached hydrogen (secondary N) is 2. The van der Waals surface area contributed by atoms with Crippen molar-refractivity contribution in [2.45, 2.75) is 38.8 Å². The molecule has 1 amide bonds. The molecule has 0 spiro atoms. The summed E-state index contributed by atoms with van der Waals surface area (Å²) in [6.45, 7) is 7.19. The normalized spacial score (nSPS) is 17.9. The SMILES string of the molecule is CCN(CC)C(=O)C(c1ccccc1)N1CCCC(Nc2ccc(N)c(C=N)c2)C1. The number of nitrogens with zero attached hydrogens (tertiary/aromatic N) is 2. The van der Waals surface area contributed by atoms with Gasteiger partial charge in [0.1, 0.15) is 6.04 Å². The summed E-state index contributed by atoms with van der Waals surface area (Å²) in [6.07, 6.45) is 3.35. The van der Waals surface area contributed by atoms with E-state index in [9.17, 15) is 4.79 Å². The van der Waals surface area contributed by atoms with E-state index in [0.717, 1.165) is 37.2 Å². The summed E-state index contributed by atoms with van der Waals surface area (Å²) in [6, 6.07) is 15.8. The molecule has 1 saturated heterocycles. The lowest BCUT2D eigenvalue weighted by atomic mass is 9.98. The Kier molecular flexibility index (Phi) is 7.46. The number of piperidine rings is 1. The van der Waals surface area contributed by atoms with E-state index in [1.165, 1.54) is 6.21 Å². The fourth-order valence-corrected chi connectivity index (χ4v) is 4.24. The third-order valence-electron chi connectivity index (χ3n) is 5.86. The van der Waals surface area contributed by atoms with Crippen molar-refractivity contribution in [3.63, 3.8) is 0 Å². The van der Waals surface area contributed by atoms with E-state index in [0.29, 0.717) is 24.3 Å². The molecule has 0 radical (unpaired) electrons. The van der Waals surface area contributed by atoms with Gasteiger partial charge >= 0.3 is 0 Å². The maximum absolute atomic E-state index is 13.4. The minimum Gasteiger partial charge on any atom is -0.398 e. The fourth-order valence-electron chi connectivity index (χ4n) is 4.24. The quantitative estimate of drug-likeness (QED) is 0.459. The highest BCUT2D eigenvalue weighted by atomic mass is 16.2. The van der Waals surface area contributed by atoms with Crippen LogP contribution in [0.5, 0.6) is 0 Å². The highest BCUT2D eigenvalue weighted by Gasteiger charge is 2.33. The van der Waals surface area contributed by atoms with Crippen LogP contribution in [0.1, 0.15) is 43.9 Å². The van der Waals surface area contributed by atoms with Crippen molar-refractivity contribution in [1.29, 1.82) is 5.41 Å². The van der Waals surface area contributed by atoms with E-state index < -0.39 is 0 Å². The molecule has 1 aliphatic rings. The van der Waals surface area contributed by atoms with Crippen LogP contribution in [0.15, 0.2) is 48.5 Å². The number of carbonyl (C=O) groups is 1. The molecule has 2 unspecified atom stereocenters. The smallest absolute Gasteiger partial charge is 0.244 e. The van der Waals surface area contributed by atoms with E-state index in [-0.39, 0.29) is 18.0 Å². The molecule has 2 aromatic rings. The molecule has 160 valence electrons. The summed E-state index contributed by atoms with van der Waals surface area (Å²) >= 11 is 0. The Morgan fingerprint density at radius 1 is 1.27 bits per heavy atom. The van der Waals surface area contributed by atoms with E-state index in [1.807, 2.05) is 55.1 Å². The Hall–Kier alpha value is -2.86. The summed E-state index contributed by atoms with van der Waals surface area (Å²) in [4.78, 5) is 17.6. The topological polar surface area (TPSA) is 85.5 Å². The monoisotopic (exact) mass is 407 g/mol. The first kappa shape index (κ1) is 21.8. The molecule has 0 aromatic heterocycles. The van der Waals surface area contributed by atoms with Crippen molar-refractivity contribution < 1.29 is 4.79 Å². The first-order valence-electron chi connectivity index (χ1n) is 10.8. The first-order chi connectivity index (χ1) is 14.6. The molecule has 1 fully saturated rings. The van der Waals surface area contributed by atoms with Gasteiger partial charge in [0.25, 0.3) is 0 Å². The molecule has 1 aliphatic heterocycles. The van der Waals surface area contributed by atoms with Gasteiger partial charge in [-0.05, 0) is 57.0 Å². The fraction of sp³-hybridized carbons (Fsp3) is 0.417. The number of hydrogen-bond acceptors (Lipinski definition) is 5. The average Bonchev–Trinajstić information content (AvgIpc) is 2.77. The van der Waals surface area contributed by atoms with Crippen LogP contribution in [0, 0.1) is 5.41 Å². The molecule has 2 aromatic carbocycles. The number of nitrogens with two attached hydrogens (primary N) is 1. The number of hydrogen-bond donors (Lipinski definition) is 3. The van der Waals surface area contributed by atoms with Gasteiger partial charge in [-0.3, -0.25) is 9.69 Å². The van der Waals surface area contributed by atoms with Gasteiger partial charge in [-0.1, -0.05) is 30.3 Å². The second-order valence-electron chi connectivity index (χ2n) is 7.79. The highest BCUT2D eigenvalue weighted by molar-refractivity contribution is 5.86. The molecule has 2 atom stereocenters. The van der Waals surface area contributed by atoms with Crippen LogP contribution < -0.4 is 11.1 Å². The maximum atomic E-state index is 13.4. The Balaban J connectivity index is 1.80. The predicted molar refractivity (Wildman–Crippen MR) is 124 cm³/mol. The molecule has 3 rings (SSSR count). The predicted octanol–water partition coefficient (Wildman–Crippen LogP) is 3.75. The molecule has 4 N–H and O–H groups in total. The van der Waals surface area contributed by atoms with E-state index >= 15 is 0 Å². The minimum atomic E-state index is -0.265. The number of carbonyl (C=O) groups excluding carboxylic acids is 1. The lowest BCUT2D eigenvalue weighted by Gasteiger charge is -2.40. The summed E-state index contributed by atoms with van der Waals surface area (Å²) < 4.78 is 0. The lowest BCUT2D eigenvalue weighted by molar-refractivity contribution is -0.137. The van der Waals surface area contributed by atoms with Crippen LogP contribution in [0.3, 0.4) is 0 Å². The van der Waals surface area contributed by atoms with Crippen molar-refractivity contribution in [3.05, 3.63) is 59.7 Å². The van der Waals surface area contributed by atoms with Crippen molar-refractivity contribution in [1.82, 2.24) is 9.80 Å². The second kappa shape index (κ2) is 10.3. The summed E-state index contributed by atoms with van der Waals surface area (Å²) in [5.74, 6) is 0.172. The lowest BCUT2D eigenvalue weighted by Crippen LogP contribution is -2.49. The standard InChI is InChI=1S/C24H33N5O/c1-3-28(4-2)24(30)23(18-9-6-5-7-10-18)29-14-8-11-21(17-29)27-20-12-13-22(26)19(15-20)16-25/h5-7,9-10,12-13,15-16,21,23,25,27H,3-4,8,11,14,17,26H2,1-2H3. The molecule has 6 nitrogen and oxygen atoms in total. The van der Waals surface area contributed by atoms with Crippen molar-refractivity contribution in [2.75, 3.05) is 37.2 Å². The average molecular weight is 408 g/mol. The number of benzene rings is 2. The number of rotatable bonds is 8. The van der Waals surface area contributed by atoms with Gasteiger partial charge in [0.05, 0.1) is 0 Å². The van der Waals surface area contributed by atoms with Crippen LogP contribution in [0.2, 0.25) is 0 Å². The van der Waals surface area contributed by atoms with Crippen LogP contribution in [-0.4, -0.2) is 54.1 Å². The van der Waals surface area contributed by atoms with E-state index in [2.05, 4.69) is 22.3 Å². The molecule has 0 saturated carbocycles.